The number of sulfonamides is 1. The van der Waals surface area contributed by atoms with Crippen LogP contribution in [0.1, 0.15) is 31.2 Å². The average molecular weight is 332 g/mol. The van der Waals surface area contributed by atoms with E-state index < -0.39 is 10.0 Å². The lowest BCUT2D eigenvalue weighted by molar-refractivity contribution is 0.372. The molecule has 1 fully saturated rings. The third-order valence-corrected chi connectivity index (χ3v) is 5.94. The van der Waals surface area contributed by atoms with Crippen molar-refractivity contribution in [3.63, 3.8) is 0 Å². The lowest BCUT2D eigenvalue weighted by atomic mass is 10.2. The molecule has 0 unspecified atom stereocenters. The summed E-state index contributed by atoms with van der Waals surface area (Å²) in [4.78, 5) is 0. The van der Waals surface area contributed by atoms with Gasteiger partial charge in [0.05, 0.1) is 5.75 Å². The topological polar surface area (TPSA) is 37.4 Å². The van der Waals surface area contributed by atoms with Crippen molar-refractivity contribution < 1.29 is 8.42 Å². The van der Waals surface area contributed by atoms with Crippen molar-refractivity contribution in [1.82, 2.24) is 4.31 Å². The van der Waals surface area contributed by atoms with Crippen molar-refractivity contribution in [2.75, 3.05) is 7.05 Å². The van der Waals surface area contributed by atoms with Gasteiger partial charge in [0.2, 0.25) is 10.0 Å². The van der Waals surface area contributed by atoms with Crippen molar-refractivity contribution in [3.8, 4) is 0 Å². The first kappa shape index (κ1) is 14.0. The number of hydrogen-bond acceptors (Lipinski definition) is 2. The van der Waals surface area contributed by atoms with Crippen molar-refractivity contribution in [2.45, 2.75) is 37.5 Å². The van der Waals surface area contributed by atoms with Crippen LogP contribution in [0.25, 0.3) is 0 Å². The molecule has 1 aliphatic carbocycles. The molecular formula is C13H18BrNO2S. The molecule has 0 aliphatic heterocycles. The Hall–Kier alpha value is -0.390. The zero-order valence-electron chi connectivity index (χ0n) is 10.5. The lowest BCUT2D eigenvalue weighted by Gasteiger charge is -2.23. The van der Waals surface area contributed by atoms with Crippen LogP contribution in [0, 0.1) is 0 Å². The predicted molar refractivity (Wildman–Crippen MR) is 76.8 cm³/mol. The smallest absolute Gasteiger partial charge is 0.212 e. The zero-order chi connectivity index (χ0) is 13.2. The molecule has 1 aliphatic rings. The van der Waals surface area contributed by atoms with E-state index >= 15 is 0 Å². The molecule has 5 heteroatoms. The van der Waals surface area contributed by atoms with Gasteiger partial charge in [-0.1, -0.05) is 40.9 Å². The highest BCUT2D eigenvalue weighted by atomic mass is 79.9. The molecule has 0 aromatic heterocycles. The molecule has 0 saturated heterocycles. The van der Waals surface area contributed by atoms with Gasteiger partial charge in [0, 0.05) is 17.6 Å². The summed E-state index contributed by atoms with van der Waals surface area (Å²) in [6.45, 7) is 0. The molecule has 0 heterocycles. The number of halogens is 1. The quantitative estimate of drug-likeness (QED) is 0.849. The molecule has 1 aromatic rings. The van der Waals surface area contributed by atoms with Gasteiger partial charge in [0.25, 0.3) is 0 Å². The maximum Gasteiger partial charge on any atom is 0.218 e. The fraction of sp³-hybridized carbons (Fsp3) is 0.538. The van der Waals surface area contributed by atoms with Crippen molar-refractivity contribution in [1.29, 1.82) is 0 Å². The maximum atomic E-state index is 12.3. The molecule has 2 rings (SSSR count). The Balaban J connectivity index is 2.08. The number of hydrogen-bond donors (Lipinski definition) is 0. The standard InChI is InChI=1S/C13H18BrNO2S/c1-15(13-4-2-3-5-13)18(16,17)10-11-6-8-12(14)9-7-11/h6-9,13H,2-5,10H2,1H3. The van der Waals surface area contributed by atoms with Gasteiger partial charge in [-0.3, -0.25) is 0 Å². The van der Waals surface area contributed by atoms with E-state index in [2.05, 4.69) is 15.9 Å². The van der Waals surface area contributed by atoms with Crippen LogP contribution >= 0.6 is 15.9 Å². The molecular weight excluding hydrogens is 314 g/mol. The molecule has 18 heavy (non-hydrogen) atoms. The molecule has 0 atom stereocenters. The largest absolute Gasteiger partial charge is 0.218 e. The molecule has 100 valence electrons. The van der Waals surface area contributed by atoms with E-state index in [9.17, 15) is 8.42 Å². The van der Waals surface area contributed by atoms with E-state index in [1.54, 1.807) is 11.4 Å². The Bertz CT molecular complexity index is 492. The fourth-order valence-electron chi connectivity index (χ4n) is 2.39. The van der Waals surface area contributed by atoms with E-state index in [0.29, 0.717) is 0 Å². The first-order chi connectivity index (χ1) is 8.49. The Morgan fingerprint density at radius 3 is 2.33 bits per heavy atom. The van der Waals surface area contributed by atoms with Crippen LogP contribution in [0.15, 0.2) is 28.7 Å². The third-order valence-electron chi connectivity index (χ3n) is 3.54. The Morgan fingerprint density at radius 2 is 1.78 bits per heavy atom. The molecule has 0 bridgehead atoms. The van der Waals surface area contributed by atoms with Gasteiger partial charge in [-0.15, -0.1) is 0 Å². The normalized spacial score (nSPS) is 17.5. The number of rotatable bonds is 4. The van der Waals surface area contributed by atoms with Gasteiger partial charge >= 0.3 is 0 Å². The monoisotopic (exact) mass is 331 g/mol. The minimum absolute atomic E-state index is 0.0906. The maximum absolute atomic E-state index is 12.3. The van der Waals surface area contributed by atoms with E-state index in [4.69, 9.17) is 0 Å². The first-order valence-electron chi connectivity index (χ1n) is 6.19. The summed E-state index contributed by atoms with van der Waals surface area (Å²) in [5.74, 6) is 0.0906. The zero-order valence-corrected chi connectivity index (χ0v) is 12.9. The highest BCUT2D eigenvalue weighted by Gasteiger charge is 2.28. The second-order valence-corrected chi connectivity index (χ2v) is 7.78. The van der Waals surface area contributed by atoms with Crippen LogP contribution in [0.5, 0.6) is 0 Å². The Morgan fingerprint density at radius 1 is 1.22 bits per heavy atom. The molecule has 0 N–H and O–H groups in total. The van der Waals surface area contributed by atoms with Gasteiger partial charge in [0.1, 0.15) is 0 Å². The van der Waals surface area contributed by atoms with Gasteiger partial charge in [-0.05, 0) is 30.5 Å². The van der Waals surface area contributed by atoms with E-state index in [0.717, 1.165) is 35.7 Å². The lowest BCUT2D eigenvalue weighted by Crippen LogP contribution is -2.36. The SMILES string of the molecule is CN(C1CCCC1)S(=O)(=O)Cc1ccc(Br)cc1. The van der Waals surface area contributed by atoms with Gasteiger partial charge in [0.15, 0.2) is 0 Å². The summed E-state index contributed by atoms with van der Waals surface area (Å²) in [5, 5.41) is 0. The summed E-state index contributed by atoms with van der Waals surface area (Å²) in [5.41, 5.74) is 0.836. The predicted octanol–water partition coefficient (Wildman–Crippen LogP) is 3.15. The number of nitrogens with zero attached hydrogens (tertiary/aromatic N) is 1. The van der Waals surface area contributed by atoms with E-state index in [-0.39, 0.29) is 11.8 Å². The second kappa shape index (κ2) is 5.72. The summed E-state index contributed by atoms with van der Waals surface area (Å²) in [7, 11) is -1.48. The van der Waals surface area contributed by atoms with Gasteiger partial charge in [-0.2, -0.15) is 0 Å². The third kappa shape index (κ3) is 3.33. The fourth-order valence-corrected chi connectivity index (χ4v) is 4.13. The van der Waals surface area contributed by atoms with Crippen LogP contribution in [0.4, 0.5) is 0 Å². The van der Waals surface area contributed by atoms with Crippen LogP contribution in [0.2, 0.25) is 0 Å². The van der Waals surface area contributed by atoms with Crippen molar-refractivity contribution in [3.05, 3.63) is 34.3 Å². The molecule has 1 saturated carbocycles. The van der Waals surface area contributed by atoms with E-state index in [1.807, 2.05) is 24.3 Å². The van der Waals surface area contributed by atoms with Gasteiger partial charge < -0.3 is 0 Å². The highest BCUT2D eigenvalue weighted by Crippen LogP contribution is 2.25. The summed E-state index contributed by atoms with van der Waals surface area (Å²) in [6, 6.07) is 7.65. The molecule has 1 aromatic carbocycles. The van der Waals surface area contributed by atoms with Crippen molar-refractivity contribution in [2.24, 2.45) is 0 Å². The number of benzene rings is 1. The molecule has 3 nitrogen and oxygen atoms in total. The molecule has 0 spiro atoms. The molecule has 0 amide bonds. The summed E-state index contributed by atoms with van der Waals surface area (Å²) >= 11 is 3.35. The Labute approximate surface area is 117 Å². The van der Waals surface area contributed by atoms with Gasteiger partial charge in [-0.25, -0.2) is 12.7 Å². The van der Waals surface area contributed by atoms with Crippen LogP contribution in [-0.2, 0) is 15.8 Å². The minimum Gasteiger partial charge on any atom is -0.212 e. The highest BCUT2D eigenvalue weighted by molar-refractivity contribution is 9.10. The van der Waals surface area contributed by atoms with Crippen LogP contribution in [0.3, 0.4) is 0 Å². The van der Waals surface area contributed by atoms with Crippen molar-refractivity contribution >= 4 is 26.0 Å². The minimum atomic E-state index is -3.19. The average Bonchev–Trinajstić information content (AvgIpc) is 2.84. The summed E-state index contributed by atoms with van der Waals surface area (Å²) in [6.07, 6.45) is 4.28. The van der Waals surface area contributed by atoms with Crippen LogP contribution in [-0.4, -0.2) is 25.8 Å². The second-order valence-electron chi connectivity index (χ2n) is 4.84. The van der Waals surface area contributed by atoms with E-state index in [1.165, 1.54) is 0 Å². The summed E-state index contributed by atoms with van der Waals surface area (Å²) < 4.78 is 27.1. The van der Waals surface area contributed by atoms with Crippen LogP contribution < -0.4 is 0 Å². The molecule has 0 radical (unpaired) electrons. The first-order valence-corrected chi connectivity index (χ1v) is 8.59. The Kier molecular flexibility index (Phi) is 4.45.